The highest BCUT2D eigenvalue weighted by atomic mass is 35.5. The molecule has 1 fully saturated rings. The molecule has 0 atom stereocenters. The lowest BCUT2D eigenvalue weighted by molar-refractivity contribution is -0.384. The van der Waals surface area contributed by atoms with Crippen LogP contribution in [0.5, 0.6) is 0 Å². The van der Waals surface area contributed by atoms with Crippen molar-refractivity contribution in [2.24, 2.45) is 0 Å². The van der Waals surface area contributed by atoms with Gasteiger partial charge in [0.25, 0.3) is 0 Å². The summed E-state index contributed by atoms with van der Waals surface area (Å²) in [6.07, 6.45) is -2.31. The fourth-order valence-electron chi connectivity index (χ4n) is 1.67. The topological polar surface area (TPSA) is 68.1 Å². The van der Waals surface area contributed by atoms with Gasteiger partial charge in [-0.1, -0.05) is 11.6 Å². The van der Waals surface area contributed by atoms with Crippen LogP contribution in [0.2, 0.25) is 5.02 Å². The number of halogens is 4. The average Bonchev–Trinajstić information content (AvgIpc) is 2.22. The second-order valence-corrected chi connectivity index (χ2v) is 4.62. The van der Waals surface area contributed by atoms with E-state index in [4.69, 9.17) is 11.6 Å². The number of nitrogens with zero attached hydrogens (tertiary/aromatic N) is 2. The molecule has 1 N–H and O–H groups in total. The van der Waals surface area contributed by atoms with Crippen molar-refractivity contribution in [3.8, 4) is 0 Å². The van der Waals surface area contributed by atoms with E-state index in [9.17, 15) is 23.3 Å². The molecule has 0 spiro atoms. The van der Waals surface area contributed by atoms with Crippen LogP contribution in [0.1, 0.15) is 25.0 Å². The van der Waals surface area contributed by atoms with Crippen molar-refractivity contribution >= 4 is 23.1 Å². The van der Waals surface area contributed by atoms with Gasteiger partial charge in [0.1, 0.15) is 0 Å². The van der Waals surface area contributed by atoms with Gasteiger partial charge < -0.3 is 5.32 Å². The summed E-state index contributed by atoms with van der Waals surface area (Å²) in [5.74, 6) is -0.383. The minimum absolute atomic E-state index is 0.0755. The molecule has 1 aromatic rings. The fourth-order valence-corrected chi connectivity index (χ4v) is 1.92. The molecule has 0 radical (unpaired) electrons. The number of alkyl halides is 3. The highest BCUT2D eigenvalue weighted by Crippen LogP contribution is 2.38. The Hall–Kier alpha value is -1.57. The molecular formula is C10H9ClF3N3O2. The van der Waals surface area contributed by atoms with Gasteiger partial charge in [0.05, 0.1) is 9.95 Å². The summed E-state index contributed by atoms with van der Waals surface area (Å²) in [5.41, 5.74) is -1.87. The van der Waals surface area contributed by atoms with Crippen molar-refractivity contribution in [2.45, 2.75) is 31.5 Å². The third-order valence-electron chi connectivity index (χ3n) is 2.87. The monoisotopic (exact) mass is 295 g/mol. The molecule has 0 amide bonds. The van der Waals surface area contributed by atoms with Crippen LogP contribution in [-0.4, -0.2) is 15.9 Å². The SMILES string of the molecule is O=[N+]([O-])c1cc(Cl)c(C(F)(F)F)nc1NC1CCC1. The van der Waals surface area contributed by atoms with Gasteiger partial charge in [-0.05, 0) is 19.3 Å². The molecule has 1 saturated carbocycles. The molecule has 1 aliphatic rings. The Morgan fingerprint density at radius 3 is 2.53 bits per heavy atom. The van der Waals surface area contributed by atoms with E-state index >= 15 is 0 Å². The van der Waals surface area contributed by atoms with Gasteiger partial charge >= 0.3 is 11.9 Å². The molecular weight excluding hydrogens is 287 g/mol. The van der Waals surface area contributed by atoms with Gasteiger partial charge in [-0.15, -0.1) is 0 Å². The van der Waals surface area contributed by atoms with Crippen LogP contribution in [0.3, 0.4) is 0 Å². The predicted octanol–water partition coefficient (Wildman–Crippen LogP) is 3.63. The summed E-state index contributed by atoms with van der Waals surface area (Å²) in [5, 5.41) is 12.7. The third kappa shape index (κ3) is 2.89. The second-order valence-electron chi connectivity index (χ2n) is 4.21. The standard InChI is InChI=1S/C10H9ClF3N3O2/c11-6-4-7(17(18)19)9(15-5-2-1-3-5)16-8(6)10(12,13)14/h4-5H,1-3H2,(H,15,16). The van der Waals surface area contributed by atoms with Crippen molar-refractivity contribution in [3.05, 3.63) is 26.9 Å². The van der Waals surface area contributed by atoms with Gasteiger partial charge in [0.15, 0.2) is 5.69 Å². The number of aromatic nitrogens is 1. The van der Waals surface area contributed by atoms with Crippen LogP contribution in [0.4, 0.5) is 24.7 Å². The number of rotatable bonds is 3. The van der Waals surface area contributed by atoms with E-state index in [2.05, 4.69) is 10.3 Å². The number of nitro groups is 1. The van der Waals surface area contributed by atoms with Crippen LogP contribution in [0, 0.1) is 10.1 Å². The quantitative estimate of drug-likeness (QED) is 0.683. The zero-order chi connectivity index (χ0) is 14.2. The summed E-state index contributed by atoms with van der Waals surface area (Å²) in [7, 11) is 0. The van der Waals surface area contributed by atoms with Crippen LogP contribution in [-0.2, 0) is 6.18 Å². The summed E-state index contributed by atoms with van der Waals surface area (Å²) < 4.78 is 38.0. The second kappa shape index (κ2) is 4.84. The highest BCUT2D eigenvalue weighted by molar-refractivity contribution is 6.31. The first-order valence-corrected chi connectivity index (χ1v) is 5.85. The van der Waals surface area contributed by atoms with Crippen molar-refractivity contribution in [1.29, 1.82) is 0 Å². The van der Waals surface area contributed by atoms with Crippen LogP contribution in [0.25, 0.3) is 0 Å². The van der Waals surface area contributed by atoms with Crippen LogP contribution < -0.4 is 5.32 Å². The molecule has 1 heterocycles. The molecule has 0 saturated heterocycles. The lowest BCUT2D eigenvalue weighted by atomic mass is 9.93. The normalized spacial score (nSPS) is 16.0. The van der Waals surface area contributed by atoms with E-state index < -0.39 is 27.5 Å². The molecule has 0 bridgehead atoms. The third-order valence-corrected chi connectivity index (χ3v) is 3.16. The largest absolute Gasteiger partial charge is 0.434 e. The first kappa shape index (κ1) is 13.9. The van der Waals surface area contributed by atoms with E-state index in [1.807, 2.05) is 0 Å². The molecule has 0 aliphatic heterocycles. The van der Waals surface area contributed by atoms with Gasteiger partial charge in [-0.3, -0.25) is 10.1 Å². The Morgan fingerprint density at radius 1 is 1.47 bits per heavy atom. The van der Waals surface area contributed by atoms with Crippen molar-refractivity contribution < 1.29 is 18.1 Å². The Labute approximate surface area is 110 Å². The van der Waals surface area contributed by atoms with Crippen molar-refractivity contribution in [1.82, 2.24) is 4.98 Å². The van der Waals surface area contributed by atoms with Crippen LogP contribution in [0.15, 0.2) is 6.07 Å². The molecule has 1 aliphatic carbocycles. The molecule has 0 unspecified atom stereocenters. The zero-order valence-corrected chi connectivity index (χ0v) is 10.3. The maximum atomic E-state index is 12.7. The fraction of sp³-hybridized carbons (Fsp3) is 0.500. The van der Waals surface area contributed by atoms with Crippen molar-refractivity contribution in [2.75, 3.05) is 5.32 Å². The maximum Gasteiger partial charge on any atom is 0.434 e. The Kier molecular flexibility index (Phi) is 3.53. The summed E-state index contributed by atoms with van der Waals surface area (Å²) >= 11 is 5.40. The summed E-state index contributed by atoms with van der Waals surface area (Å²) in [6.45, 7) is 0. The predicted molar refractivity (Wildman–Crippen MR) is 62.2 cm³/mol. The van der Waals surface area contributed by atoms with Crippen molar-refractivity contribution in [3.63, 3.8) is 0 Å². The summed E-state index contributed by atoms with van der Waals surface area (Å²) in [4.78, 5) is 13.3. The maximum absolute atomic E-state index is 12.7. The number of hydrogen-bond acceptors (Lipinski definition) is 4. The number of hydrogen-bond donors (Lipinski definition) is 1. The van der Waals surface area contributed by atoms with Gasteiger partial charge in [-0.2, -0.15) is 13.2 Å². The van der Waals surface area contributed by atoms with E-state index in [1.165, 1.54) is 0 Å². The van der Waals surface area contributed by atoms with E-state index in [-0.39, 0.29) is 11.9 Å². The highest BCUT2D eigenvalue weighted by Gasteiger charge is 2.38. The van der Waals surface area contributed by atoms with Gasteiger partial charge in [0.2, 0.25) is 5.82 Å². The average molecular weight is 296 g/mol. The minimum Gasteiger partial charge on any atom is -0.362 e. The Morgan fingerprint density at radius 2 is 2.11 bits per heavy atom. The van der Waals surface area contributed by atoms with E-state index in [1.54, 1.807) is 0 Å². The number of anilines is 1. The minimum atomic E-state index is -4.75. The summed E-state index contributed by atoms with van der Waals surface area (Å²) in [6, 6.07) is 0.603. The molecule has 0 aromatic carbocycles. The number of pyridine rings is 1. The molecule has 2 rings (SSSR count). The smallest absolute Gasteiger partial charge is 0.362 e. The molecule has 19 heavy (non-hydrogen) atoms. The van der Waals surface area contributed by atoms with Gasteiger partial charge in [0, 0.05) is 12.1 Å². The first-order chi connectivity index (χ1) is 8.79. The molecule has 5 nitrogen and oxygen atoms in total. The van der Waals surface area contributed by atoms with Crippen LogP contribution >= 0.6 is 11.6 Å². The zero-order valence-electron chi connectivity index (χ0n) is 9.50. The van der Waals surface area contributed by atoms with Gasteiger partial charge in [-0.25, -0.2) is 4.98 Å². The number of nitrogens with one attached hydrogen (secondary N) is 1. The first-order valence-electron chi connectivity index (χ1n) is 5.47. The molecule has 9 heteroatoms. The van der Waals surface area contributed by atoms with E-state index in [0.717, 1.165) is 19.3 Å². The lowest BCUT2D eigenvalue weighted by Gasteiger charge is -2.27. The van der Waals surface area contributed by atoms with E-state index in [0.29, 0.717) is 6.07 Å². The lowest BCUT2D eigenvalue weighted by Crippen LogP contribution is -2.28. The Bertz CT molecular complexity index is 517. The Balaban J connectivity index is 2.44. The molecule has 1 aromatic heterocycles. The molecule has 104 valence electrons.